The van der Waals surface area contributed by atoms with Crippen LogP contribution in [0.15, 0.2) is 30.5 Å². The largest absolute Gasteiger partial charge is 0.370 e. The molecule has 1 amide bonds. The molecular weight excluding hydrogens is 398 g/mol. The van der Waals surface area contributed by atoms with Crippen LogP contribution >= 0.6 is 11.6 Å². The van der Waals surface area contributed by atoms with E-state index in [9.17, 15) is 4.79 Å². The van der Waals surface area contributed by atoms with Crippen molar-refractivity contribution in [1.82, 2.24) is 15.3 Å². The van der Waals surface area contributed by atoms with E-state index in [0.29, 0.717) is 17.4 Å². The number of hydrogen-bond acceptors (Lipinski definition) is 5. The number of rotatable bonds is 6. The first-order valence-corrected chi connectivity index (χ1v) is 11.5. The van der Waals surface area contributed by atoms with Crippen molar-refractivity contribution in [2.45, 2.75) is 44.9 Å². The Morgan fingerprint density at radius 3 is 2.80 bits per heavy atom. The number of hydrogen-bond donors (Lipinski definition) is 3. The molecular formula is C23H30ClN5O. The van der Waals surface area contributed by atoms with Crippen molar-refractivity contribution in [3.8, 4) is 11.3 Å². The van der Waals surface area contributed by atoms with Gasteiger partial charge in [0.05, 0.1) is 16.6 Å². The van der Waals surface area contributed by atoms with Crippen molar-refractivity contribution in [1.29, 1.82) is 0 Å². The Morgan fingerprint density at radius 2 is 2.00 bits per heavy atom. The Morgan fingerprint density at radius 1 is 1.13 bits per heavy atom. The highest BCUT2D eigenvalue weighted by Gasteiger charge is 2.21. The molecule has 2 aromatic heterocycles. The molecule has 160 valence electrons. The van der Waals surface area contributed by atoms with Gasteiger partial charge in [-0.1, -0.05) is 36.9 Å². The average Bonchev–Trinajstić information content (AvgIpc) is 2.80. The lowest BCUT2D eigenvalue weighted by molar-refractivity contribution is -0.120. The Balaban J connectivity index is 1.45. The lowest BCUT2D eigenvalue weighted by Gasteiger charge is -2.22. The lowest BCUT2D eigenvalue weighted by Crippen LogP contribution is -2.37. The summed E-state index contributed by atoms with van der Waals surface area (Å²) in [5.41, 5.74) is 1.54. The van der Waals surface area contributed by atoms with Crippen LogP contribution < -0.4 is 16.0 Å². The molecule has 1 saturated carbocycles. The molecule has 0 radical (unpaired) electrons. The summed E-state index contributed by atoms with van der Waals surface area (Å²) in [5, 5.41) is 10.2. The zero-order valence-electron chi connectivity index (χ0n) is 17.3. The molecule has 0 spiro atoms. The molecule has 1 saturated heterocycles. The zero-order chi connectivity index (χ0) is 20.8. The van der Waals surface area contributed by atoms with Crippen LogP contribution in [0.4, 0.5) is 11.6 Å². The normalized spacial score (nSPS) is 20.0. The van der Waals surface area contributed by atoms with Gasteiger partial charge in [0.25, 0.3) is 0 Å². The monoisotopic (exact) mass is 427 g/mol. The maximum absolute atomic E-state index is 12.5. The molecule has 2 aromatic rings. The molecule has 0 aromatic carbocycles. The molecule has 1 atom stereocenters. The van der Waals surface area contributed by atoms with Crippen molar-refractivity contribution in [2.75, 3.05) is 30.3 Å². The van der Waals surface area contributed by atoms with Crippen molar-refractivity contribution in [3.05, 3.63) is 35.5 Å². The first-order valence-electron chi connectivity index (χ1n) is 11.1. The molecule has 2 fully saturated rings. The standard InChI is InChI=1S/C23H30ClN5O/c24-19-15-27-22(29-23(30)17-8-5-11-25-14-17)12-18(19)20-9-4-10-21(28-20)26-13-16-6-2-1-3-7-16/h4,9-10,12,15-17,25H,1-3,5-8,11,13-14H2,(H,26,28)(H,27,29,30). The molecule has 4 rings (SSSR count). The molecule has 1 unspecified atom stereocenters. The minimum absolute atomic E-state index is 0.00108. The third-order valence-electron chi connectivity index (χ3n) is 6.10. The van der Waals surface area contributed by atoms with E-state index in [2.05, 4.69) is 20.9 Å². The van der Waals surface area contributed by atoms with Gasteiger partial charge in [-0.15, -0.1) is 0 Å². The highest BCUT2D eigenvalue weighted by molar-refractivity contribution is 6.33. The number of carbonyl (C=O) groups excluding carboxylic acids is 1. The number of nitrogens with zero attached hydrogens (tertiary/aromatic N) is 2. The Kier molecular flexibility index (Phi) is 7.18. The molecule has 3 N–H and O–H groups in total. The van der Waals surface area contributed by atoms with E-state index < -0.39 is 0 Å². The molecule has 0 bridgehead atoms. The fourth-order valence-electron chi connectivity index (χ4n) is 4.33. The van der Waals surface area contributed by atoms with Gasteiger partial charge in [0.2, 0.25) is 5.91 Å². The van der Waals surface area contributed by atoms with Gasteiger partial charge in [0, 0.05) is 24.8 Å². The summed E-state index contributed by atoms with van der Waals surface area (Å²) in [6.45, 7) is 2.64. The van der Waals surface area contributed by atoms with Gasteiger partial charge in [-0.05, 0) is 56.3 Å². The number of aromatic nitrogens is 2. The SMILES string of the molecule is O=C(Nc1cc(-c2cccc(NCC3CCCCC3)n2)c(Cl)cn1)C1CCCNC1. The van der Waals surface area contributed by atoms with Crippen LogP contribution in [0.25, 0.3) is 11.3 Å². The van der Waals surface area contributed by atoms with Crippen LogP contribution in [-0.4, -0.2) is 35.5 Å². The average molecular weight is 428 g/mol. The Hall–Kier alpha value is -2.18. The maximum atomic E-state index is 12.5. The van der Waals surface area contributed by atoms with Gasteiger partial charge in [-0.2, -0.15) is 0 Å². The fraction of sp³-hybridized carbons (Fsp3) is 0.522. The highest BCUT2D eigenvalue weighted by Crippen LogP contribution is 2.29. The molecule has 30 heavy (non-hydrogen) atoms. The van der Waals surface area contributed by atoms with Crippen LogP contribution in [0.5, 0.6) is 0 Å². The number of carbonyl (C=O) groups is 1. The molecule has 6 nitrogen and oxygen atoms in total. The van der Waals surface area contributed by atoms with Gasteiger partial charge >= 0.3 is 0 Å². The number of anilines is 2. The van der Waals surface area contributed by atoms with Gasteiger partial charge in [-0.25, -0.2) is 9.97 Å². The summed E-state index contributed by atoms with van der Waals surface area (Å²) in [4.78, 5) is 21.6. The molecule has 3 heterocycles. The highest BCUT2D eigenvalue weighted by atomic mass is 35.5. The molecule has 1 aliphatic heterocycles. The first-order chi connectivity index (χ1) is 14.7. The zero-order valence-corrected chi connectivity index (χ0v) is 18.0. The topological polar surface area (TPSA) is 78.9 Å². The maximum Gasteiger partial charge on any atom is 0.229 e. The first kappa shape index (κ1) is 21.1. The summed E-state index contributed by atoms with van der Waals surface area (Å²) in [6, 6.07) is 7.71. The Bertz CT molecular complexity index is 862. The van der Waals surface area contributed by atoms with E-state index in [1.807, 2.05) is 24.3 Å². The van der Waals surface area contributed by atoms with E-state index in [1.54, 1.807) is 6.20 Å². The minimum atomic E-state index is -0.0230. The summed E-state index contributed by atoms with van der Waals surface area (Å²) in [7, 11) is 0. The second-order valence-electron chi connectivity index (χ2n) is 8.37. The molecule has 2 aliphatic rings. The van der Waals surface area contributed by atoms with Crippen molar-refractivity contribution in [3.63, 3.8) is 0 Å². The van der Waals surface area contributed by atoms with Crippen LogP contribution in [0.2, 0.25) is 5.02 Å². The van der Waals surface area contributed by atoms with Gasteiger partial charge < -0.3 is 16.0 Å². The number of halogens is 1. The minimum Gasteiger partial charge on any atom is -0.370 e. The van der Waals surface area contributed by atoms with Gasteiger partial charge in [0.15, 0.2) is 0 Å². The quantitative estimate of drug-likeness (QED) is 0.621. The molecule has 7 heteroatoms. The van der Waals surface area contributed by atoms with E-state index in [1.165, 1.54) is 32.1 Å². The lowest BCUT2D eigenvalue weighted by atomic mass is 9.89. The van der Waals surface area contributed by atoms with Gasteiger partial charge in [-0.3, -0.25) is 4.79 Å². The van der Waals surface area contributed by atoms with E-state index >= 15 is 0 Å². The predicted octanol–water partition coefficient (Wildman–Crippen LogP) is 4.73. The van der Waals surface area contributed by atoms with Crippen molar-refractivity contribution in [2.24, 2.45) is 11.8 Å². The predicted molar refractivity (Wildman–Crippen MR) is 122 cm³/mol. The summed E-state index contributed by atoms with van der Waals surface area (Å²) in [5.74, 6) is 2.06. The number of piperidine rings is 1. The van der Waals surface area contributed by atoms with E-state index in [-0.39, 0.29) is 11.8 Å². The van der Waals surface area contributed by atoms with Crippen LogP contribution in [0.1, 0.15) is 44.9 Å². The third kappa shape index (κ3) is 5.49. The summed E-state index contributed by atoms with van der Waals surface area (Å²) in [6.07, 6.45) is 10.1. The third-order valence-corrected chi connectivity index (χ3v) is 6.40. The van der Waals surface area contributed by atoms with Crippen LogP contribution in [0.3, 0.4) is 0 Å². The fourth-order valence-corrected chi connectivity index (χ4v) is 4.53. The number of nitrogens with one attached hydrogen (secondary N) is 3. The summed E-state index contributed by atoms with van der Waals surface area (Å²) < 4.78 is 0. The summed E-state index contributed by atoms with van der Waals surface area (Å²) >= 11 is 6.42. The van der Waals surface area contributed by atoms with Gasteiger partial charge in [0.1, 0.15) is 11.6 Å². The van der Waals surface area contributed by atoms with Crippen molar-refractivity contribution < 1.29 is 4.79 Å². The number of amides is 1. The van der Waals surface area contributed by atoms with E-state index in [4.69, 9.17) is 16.6 Å². The second kappa shape index (κ2) is 10.2. The van der Waals surface area contributed by atoms with E-state index in [0.717, 1.165) is 48.9 Å². The smallest absolute Gasteiger partial charge is 0.229 e. The van der Waals surface area contributed by atoms with Crippen molar-refractivity contribution >= 4 is 29.1 Å². The second-order valence-corrected chi connectivity index (χ2v) is 8.78. The molecule has 1 aliphatic carbocycles. The van der Waals surface area contributed by atoms with Crippen LogP contribution in [-0.2, 0) is 4.79 Å². The number of pyridine rings is 2. The Labute approximate surface area is 183 Å². The van der Waals surface area contributed by atoms with Crippen LogP contribution in [0, 0.1) is 11.8 Å².